The third-order valence-corrected chi connectivity index (χ3v) is 7.60. The fourth-order valence-corrected chi connectivity index (χ4v) is 5.11. The van der Waals surface area contributed by atoms with Crippen LogP contribution in [-0.4, -0.2) is 32.6 Å². The van der Waals surface area contributed by atoms with E-state index in [4.69, 9.17) is 11.6 Å². The number of halogens is 1. The Morgan fingerprint density at radius 3 is 2.42 bits per heavy atom. The Morgan fingerprint density at radius 2 is 1.74 bits per heavy atom. The first-order chi connectivity index (χ1) is 20.4. The number of Topliss-reactive ketones (excluding diaryl/α,β-unsaturated/α-hetero) is 1. The molecule has 0 saturated heterocycles. The number of para-hydroxylation sites is 1. The highest BCUT2D eigenvalue weighted by atomic mass is 35.5. The number of carbonyl (C=O) groups excluding carboxylic acids is 2. The molecule has 1 atom stereocenters. The van der Waals surface area contributed by atoms with Crippen molar-refractivity contribution in [3.63, 3.8) is 0 Å². The van der Waals surface area contributed by atoms with Crippen LogP contribution < -0.4 is 10.6 Å². The van der Waals surface area contributed by atoms with E-state index >= 15 is 0 Å². The van der Waals surface area contributed by atoms with Crippen LogP contribution in [-0.2, 0) is 4.79 Å². The normalized spacial score (nSPS) is 11.7. The molecule has 1 heterocycles. The van der Waals surface area contributed by atoms with E-state index in [1.165, 1.54) is 0 Å². The molecule has 0 spiro atoms. The summed E-state index contributed by atoms with van der Waals surface area (Å²) in [5.74, 6) is -1.13. The number of thiazole rings is 1. The molecule has 15 heteroatoms. The molecule has 0 radical (unpaired) electrons. The predicted octanol–water partition coefficient (Wildman–Crippen LogP) is 7.65. The van der Waals surface area contributed by atoms with E-state index in [0.717, 1.165) is 40.7 Å². The number of nitrogens with one attached hydrogen (secondary N) is 2. The number of ketones is 1. The van der Waals surface area contributed by atoms with Crippen molar-refractivity contribution in [1.82, 2.24) is 4.98 Å². The molecule has 1 aromatic heterocycles. The lowest BCUT2D eigenvalue weighted by molar-refractivity contribution is -0.393. The number of aromatic nitrogens is 1. The second-order valence-corrected chi connectivity index (χ2v) is 10.8. The number of hydrogen-bond donors (Lipinski definition) is 2. The third-order valence-electron chi connectivity index (χ3n) is 6.16. The van der Waals surface area contributed by atoms with E-state index in [1.807, 2.05) is 13.0 Å². The van der Waals surface area contributed by atoms with Crippen LogP contribution in [0, 0.1) is 41.0 Å². The Morgan fingerprint density at radius 1 is 1.00 bits per heavy atom. The number of anilines is 3. The molecular weight excluding hydrogens is 598 g/mol. The van der Waals surface area contributed by atoms with Gasteiger partial charge < -0.3 is 10.6 Å². The topological polar surface area (TPSA) is 182 Å². The largest absolute Gasteiger partial charge is 0.330 e. The molecular formula is C28H24ClN7O6S. The van der Waals surface area contributed by atoms with E-state index < -0.39 is 45.4 Å². The highest BCUT2D eigenvalue weighted by Crippen LogP contribution is 2.33. The number of benzene rings is 3. The Labute approximate surface area is 253 Å². The van der Waals surface area contributed by atoms with Gasteiger partial charge in [-0.15, -0.1) is 5.11 Å². The zero-order chi connectivity index (χ0) is 31.3. The fourth-order valence-electron chi connectivity index (χ4n) is 4.00. The van der Waals surface area contributed by atoms with Crippen molar-refractivity contribution >= 4 is 68.2 Å². The lowest BCUT2D eigenvalue weighted by Gasteiger charge is -2.13. The zero-order valence-corrected chi connectivity index (χ0v) is 24.6. The van der Waals surface area contributed by atoms with Gasteiger partial charge in [-0.3, -0.25) is 29.8 Å². The molecule has 1 amide bonds. The number of nitro groups is 2. The summed E-state index contributed by atoms with van der Waals surface area (Å²) < 4.78 is 0. The maximum atomic E-state index is 13.4. The predicted molar refractivity (Wildman–Crippen MR) is 163 cm³/mol. The fraction of sp³-hybridized carbons (Fsp3) is 0.179. The van der Waals surface area contributed by atoms with Crippen LogP contribution in [0.25, 0.3) is 0 Å². The summed E-state index contributed by atoms with van der Waals surface area (Å²) in [5.41, 5.74) is 1.77. The van der Waals surface area contributed by atoms with Crippen LogP contribution >= 0.6 is 22.9 Å². The van der Waals surface area contributed by atoms with Crippen LogP contribution in [0.2, 0.25) is 5.02 Å². The number of amides is 1. The minimum atomic E-state index is -1.40. The van der Waals surface area contributed by atoms with Gasteiger partial charge in [-0.2, -0.15) is 5.11 Å². The first-order valence-electron chi connectivity index (χ1n) is 12.7. The molecule has 3 aromatic carbocycles. The van der Waals surface area contributed by atoms with Crippen molar-refractivity contribution in [2.45, 2.75) is 33.2 Å². The van der Waals surface area contributed by atoms with Gasteiger partial charge in [0.1, 0.15) is 0 Å². The number of nitro benzene ring substituents is 2. The van der Waals surface area contributed by atoms with Crippen LogP contribution in [0.3, 0.4) is 0 Å². The maximum absolute atomic E-state index is 13.4. The van der Waals surface area contributed by atoms with E-state index in [-0.39, 0.29) is 10.6 Å². The van der Waals surface area contributed by atoms with E-state index in [2.05, 4.69) is 25.8 Å². The second kappa shape index (κ2) is 13.3. The van der Waals surface area contributed by atoms with Crippen molar-refractivity contribution in [2.24, 2.45) is 10.2 Å². The van der Waals surface area contributed by atoms with Crippen LogP contribution in [0.4, 0.5) is 33.6 Å². The molecule has 1 unspecified atom stereocenters. The van der Waals surface area contributed by atoms with Gasteiger partial charge in [-0.05, 0) is 50.6 Å². The minimum absolute atomic E-state index is 0.274. The van der Waals surface area contributed by atoms with Crippen molar-refractivity contribution in [2.75, 3.05) is 10.6 Å². The Hall–Kier alpha value is -5.08. The van der Waals surface area contributed by atoms with Crippen LogP contribution in [0.15, 0.2) is 70.9 Å². The molecule has 0 fully saturated rings. The Balaban J connectivity index is 1.64. The quantitative estimate of drug-likeness (QED) is 0.0740. The van der Waals surface area contributed by atoms with Crippen LogP contribution in [0.1, 0.15) is 32.9 Å². The Bertz CT molecular complexity index is 1770. The second-order valence-electron chi connectivity index (χ2n) is 9.39. The summed E-state index contributed by atoms with van der Waals surface area (Å²) >= 11 is 7.29. The molecule has 13 nitrogen and oxygen atoms in total. The number of hydrogen-bond acceptors (Lipinski definition) is 11. The molecule has 4 rings (SSSR count). The summed E-state index contributed by atoms with van der Waals surface area (Å²) in [4.78, 5) is 52.5. The van der Waals surface area contributed by atoms with Crippen molar-refractivity contribution in [1.29, 1.82) is 0 Å². The SMILES string of the molecule is Cc1ccc(NC(=O)C(CC(=O)c2sc(Nc3ccccc3Cl)nc2C)N=Nc2ccc([N+](=O)[O-])cc2[N+](=O)[O-])c(C)c1. The van der Waals surface area contributed by atoms with Gasteiger partial charge in [-0.25, -0.2) is 4.98 Å². The number of non-ortho nitro benzene ring substituents is 1. The lowest BCUT2D eigenvalue weighted by Crippen LogP contribution is -2.28. The monoisotopic (exact) mass is 621 g/mol. The average molecular weight is 622 g/mol. The molecule has 4 aromatic rings. The smallest absolute Gasteiger partial charge is 0.303 e. The highest BCUT2D eigenvalue weighted by molar-refractivity contribution is 7.17. The van der Waals surface area contributed by atoms with E-state index in [1.54, 1.807) is 50.2 Å². The standard InChI is InChI=1S/C28H24ClN7O6S/c1-15-8-10-20(16(2)12-15)31-27(38)23(34-33-22-11-9-18(35(39)40)13-24(22)36(41)42)14-25(37)26-17(3)30-28(43-26)32-21-7-5-4-6-19(21)29/h4-13,23H,14H2,1-3H3,(H,30,32)(H,31,38). The van der Waals surface area contributed by atoms with Gasteiger partial charge in [-0.1, -0.05) is 52.8 Å². The number of aryl methyl sites for hydroxylation is 3. The first kappa shape index (κ1) is 30.9. The van der Waals surface area contributed by atoms with Crippen LogP contribution in [0.5, 0.6) is 0 Å². The zero-order valence-electron chi connectivity index (χ0n) is 23.0. The molecule has 43 heavy (non-hydrogen) atoms. The number of rotatable bonds is 11. The van der Waals surface area contributed by atoms with Gasteiger partial charge in [0.2, 0.25) is 0 Å². The molecule has 220 valence electrons. The van der Waals surface area contributed by atoms with Gasteiger partial charge >= 0.3 is 5.69 Å². The number of nitrogens with zero attached hydrogens (tertiary/aromatic N) is 5. The highest BCUT2D eigenvalue weighted by Gasteiger charge is 2.27. The van der Waals surface area contributed by atoms with Gasteiger partial charge in [0.15, 0.2) is 22.6 Å². The van der Waals surface area contributed by atoms with Gasteiger partial charge in [0.05, 0.1) is 37.2 Å². The van der Waals surface area contributed by atoms with Crippen molar-refractivity contribution in [3.05, 3.63) is 108 Å². The summed E-state index contributed by atoms with van der Waals surface area (Å²) in [6, 6.07) is 13.8. The van der Waals surface area contributed by atoms with Crippen molar-refractivity contribution < 1.29 is 19.4 Å². The number of carbonyl (C=O) groups is 2. The first-order valence-corrected chi connectivity index (χ1v) is 13.9. The molecule has 2 N–H and O–H groups in total. The summed E-state index contributed by atoms with van der Waals surface area (Å²) in [6.45, 7) is 5.35. The molecule has 0 aliphatic rings. The Kier molecular flexibility index (Phi) is 9.52. The average Bonchev–Trinajstić information content (AvgIpc) is 3.33. The van der Waals surface area contributed by atoms with E-state index in [0.29, 0.717) is 27.2 Å². The molecule has 0 aliphatic carbocycles. The summed E-state index contributed by atoms with van der Waals surface area (Å²) in [5, 5.41) is 37.2. The van der Waals surface area contributed by atoms with Gasteiger partial charge in [0, 0.05) is 18.2 Å². The third kappa shape index (κ3) is 7.61. The van der Waals surface area contributed by atoms with Crippen molar-refractivity contribution in [3.8, 4) is 0 Å². The lowest BCUT2D eigenvalue weighted by atomic mass is 10.1. The number of azo groups is 1. The van der Waals surface area contributed by atoms with E-state index in [9.17, 15) is 29.8 Å². The summed E-state index contributed by atoms with van der Waals surface area (Å²) in [7, 11) is 0. The summed E-state index contributed by atoms with van der Waals surface area (Å²) in [6.07, 6.45) is -0.435. The minimum Gasteiger partial charge on any atom is -0.330 e. The van der Waals surface area contributed by atoms with Gasteiger partial charge in [0.25, 0.3) is 11.6 Å². The molecule has 0 bridgehead atoms. The molecule has 0 aliphatic heterocycles. The molecule has 0 saturated carbocycles. The maximum Gasteiger partial charge on any atom is 0.303 e.